The van der Waals surface area contributed by atoms with Crippen LogP contribution in [0.2, 0.25) is 0 Å². The summed E-state index contributed by atoms with van der Waals surface area (Å²) in [6, 6.07) is 1.39. The van der Waals surface area contributed by atoms with Gasteiger partial charge in [-0.05, 0) is 31.9 Å². The first-order chi connectivity index (χ1) is 6.97. The molecule has 0 amide bonds. The van der Waals surface area contributed by atoms with Crippen LogP contribution in [-0.4, -0.2) is 13.2 Å². The second-order valence-electron chi connectivity index (χ2n) is 3.66. The minimum atomic E-state index is -0.356. The highest BCUT2D eigenvalue weighted by Crippen LogP contribution is 2.32. The van der Waals surface area contributed by atoms with Crippen molar-refractivity contribution in [3.8, 4) is 5.75 Å². The van der Waals surface area contributed by atoms with Gasteiger partial charge in [-0.25, -0.2) is 4.39 Å². The molecule has 0 aliphatic carbocycles. The minimum Gasteiger partial charge on any atom is -0.493 e. The SMILES string of the molecule is COc1c(F)cc(Br)c(C)c1CC(C)N. The summed E-state index contributed by atoms with van der Waals surface area (Å²) in [5, 5.41) is 0. The van der Waals surface area contributed by atoms with Crippen molar-refractivity contribution in [3.63, 3.8) is 0 Å². The molecule has 1 aromatic rings. The molecule has 15 heavy (non-hydrogen) atoms. The van der Waals surface area contributed by atoms with Gasteiger partial charge < -0.3 is 10.5 Å². The van der Waals surface area contributed by atoms with Crippen LogP contribution in [0.5, 0.6) is 5.75 Å². The average Bonchev–Trinajstić information content (AvgIpc) is 2.13. The van der Waals surface area contributed by atoms with E-state index in [-0.39, 0.29) is 11.9 Å². The summed E-state index contributed by atoms with van der Waals surface area (Å²) in [6.07, 6.45) is 0.603. The Bertz CT molecular complexity index is 366. The highest BCUT2D eigenvalue weighted by Gasteiger charge is 2.16. The molecule has 0 fully saturated rings. The topological polar surface area (TPSA) is 35.2 Å². The van der Waals surface area contributed by atoms with Gasteiger partial charge in [0.1, 0.15) is 0 Å². The van der Waals surface area contributed by atoms with E-state index in [9.17, 15) is 4.39 Å². The summed E-state index contributed by atoms with van der Waals surface area (Å²) >= 11 is 3.31. The fourth-order valence-corrected chi connectivity index (χ4v) is 1.97. The Morgan fingerprint density at radius 2 is 2.20 bits per heavy atom. The van der Waals surface area contributed by atoms with E-state index in [1.54, 1.807) is 0 Å². The van der Waals surface area contributed by atoms with Crippen molar-refractivity contribution < 1.29 is 9.13 Å². The third-order valence-electron chi connectivity index (χ3n) is 2.29. The van der Waals surface area contributed by atoms with Crippen molar-refractivity contribution in [2.24, 2.45) is 5.73 Å². The zero-order valence-electron chi connectivity index (χ0n) is 9.10. The van der Waals surface area contributed by atoms with Crippen LogP contribution in [0, 0.1) is 12.7 Å². The van der Waals surface area contributed by atoms with E-state index in [0.29, 0.717) is 12.2 Å². The number of hydrogen-bond acceptors (Lipinski definition) is 2. The van der Waals surface area contributed by atoms with Crippen LogP contribution in [0.15, 0.2) is 10.5 Å². The van der Waals surface area contributed by atoms with Gasteiger partial charge in [0.25, 0.3) is 0 Å². The van der Waals surface area contributed by atoms with Crippen LogP contribution in [-0.2, 0) is 6.42 Å². The van der Waals surface area contributed by atoms with Gasteiger partial charge in [0.05, 0.1) is 7.11 Å². The first-order valence-electron chi connectivity index (χ1n) is 4.74. The van der Waals surface area contributed by atoms with E-state index in [0.717, 1.165) is 15.6 Å². The van der Waals surface area contributed by atoms with E-state index >= 15 is 0 Å². The third kappa shape index (κ3) is 2.69. The van der Waals surface area contributed by atoms with E-state index < -0.39 is 0 Å². The van der Waals surface area contributed by atoms with Crippen LogP contribution >= 0.6 is 15.9 Å². The summed E-state index contributed by atoms with van der Waals surface area (Å²) in [7, 11) is 1.47. The zero-order valence-corrected chi connectivity index (χ0v) is 10.7. The van der Waals surface area contributed by atoms with Crippen molar-refractivity contribution in [1.29, 1.82) is 0 Å². The average molecular weight is 276 g/mol. The summed E-state index contributed by atoms with van der Waals surface area (Å²) in [6.45, 7) is 3.81. The van der Waals surface area contributed by atoms with E-state index in [1.807, 2.05) is 13.8 Å². The summed E-state index contributed by atoms with van der Waals surface area (Å²) in [5.74, 6) is -0.0568. The Balaban J connectivity index is 3.30. The van der Waals surface area contributed by atoms with E-state index in [2.05, 4.69) is 15.9 Å². The molecule has 2 N–H and O–H groups in total. The highest BCUT2D eigenvalue weighted by molar-refractivity contribution is 9.10. The molecule has 0 saturated carbocycles. The number of nitrogens with two attached hydrogens (primary N) is 1. The Labute approximate surface area is 97.7 Å². The fraction of sp³-hybridized carbons (Fsp3) is 0.455. The molecule has 0 aliphatic heterocycles. The smallest absolute Gasteiger partial charge is 0.166 e. The van der Waals surface area contributed by atoms with Gasteiger partial charge in [0.2, 0.25) is 0 Å². The molecule has 0 saturated heterocycles. The van der Waals surface area contributed by atoms with Gasteiger partial charge in [-0.2, -0.15) is 0 Å². The fourth-order valence-electron chi connectivity index (χ4n) is 1.53. The van der Waals surface area contributed by atoms with Crippen LogP contribution in [0.1, 0.15) is 18.1 Å². The quantitative estimate of drug-likeness (QED) is 0.921. The lowest BCUT2D eigenvalue weighted by Gasteiger charge is -2.15. The molecule has 84 valence electrons. The van der Waals surface area contributed by atoms with Gasteiger partial charge in [-0.15, -0.1) is 0 Å². The number of benzene rings is 1. The van der Waals surface area contributed by atoms with Crippen molar-refractivity contribution in [3.05, 3.63) is 27.5 Å². The number of hydrogen-bond donors (Lipinski definition) is 1. The highest BCUT2D eigenvalue weighted by atomic mass is 79.9. The monoisotopic (exact) mass is 275 g/mol. The zero-order chi connectivity index (χ0) is 11.6. The molecule has 1 aromatic carbocycles. The maximum Gasteiger partial charge on any atom is 0.166 e. The number of halogens is 2. The summed E-state index contributed by atoms with van der Waals surface area (Å²) in [5.41, 5.74) is 7.53. The first kappa shape index (κ1) is 12.5. The van der Waals surface area contributed by atoms with Crippen molar-refractivity contribution in [2.45, 2.75) is 26.3 Å². The largest absolute Gasteiger partial charge is 0.493 e. The normalized spacial score (nSPS) is 12.7. The molecule has 0 spiro atoms. The molecule has 0 aromatic heterocycles. The molecular weight excluding hydrogens is 261 g/mol. The molecular formula is C11H15BrFNO. The lowest BCUT2D eigenvalue weighted by atomic mass is 10.0. The van der Waals surface area contributed by atoms with E-state index in [4.69, 9.17) is 10.5 Å². The predicted molar refractivity (Wildman–Crippen MR) is 62.7 cm³/mol. The van der Waals surface area contributed by atoms with Crippen LogP contribution in [0.25, 0.3) is 0 Å². The molecule has 4 heteroatoms. The molecule has 0 radical (unpaired) electrons. The summed E-state index contributed by atoms with van der Waals surface area (Å²) in [4.78, 5) is 0. The van der Waals surface area contributed by atoms with Crippen molar-refractivity contribution >= 4 is 15.9 Å². The molecule has 1 rings (SSSR count). The maximum atomic E-state index is 13.5. The van der Waals surface area contributed by atoms with Crippen LogP contribution in [0.4, 0.5) is 4.39 Å². The molecule has 0 bridgehead atoms. The predicted octanol–water partition coefficient (Wildman–Crippen LogP) is 2.79. The Hall–Kier alpha value is -0.610. The second-order valence-corrected chi connectivity index (χ2v) is 4.51. The second kappa shape index (κ2) is 4.94. The van der Waals surface area contributed by atoms with Gasteiger partial charge in [-0.3, -0.25) is 0 Å². The molecule has 0 aliphatic rings. The third-order valence-corrected chi connectivity index (χ3v) is 3.11. The minimum absolute atomic E-state index is 0.0219. The van der Waals surface area contributed by atoms with Crippen molar-refractivity contribution in [2.75, 3.05) is 7.11 Å². The van der Waals surface area contributed by atoms with Crippen LogP contribution in [0.3, 0.4) is 0 Å². The van der Waals surface area contributed by atoms with Crippen molar-refractivity contribution in [1.82, 2.24) is 0 Å². The number of ether oxygens (including phenoxy) is 1. The molecule has 0 heterocycles. The Morgan fingerprint density at radius 3 is 2.67 bits per heavy atom. The van der Waals surface area contributed by atoms with Gasteiger partial charge in [0, 0.05) is 16.1 Å². The Kier molecular flexibility index (Phi) is 4.11. The first-order valence-corrected chi connectivity index (χ1v) is 5.53. The van der Waals surface area contributed by atoms with E-state index in [1.165, 1.54) is 13.2 Å². The number of rotatable bonds is 3. The van der Waals surface area contributed by atoms with Crippen LogP contribution < -0.4 is 10.5 Å². The standard InChI is InChI=1S/C11H15BrFNO/c1-6(14)4-8-7(2)9(12)5-10(13)11(8)15-3/h5-6H,4,14H2,1-3H3. The lowest BCUT2D eigenvalue weighted by molar-refractivity contribution is 0.379. The number of methoxy groups -OCH3 is 1. The molecule has 1 unspecified atom stereocenters. The Morgan fingerprint density at radius 1 is 1.60 bits per heavy atom. The van der Waals surface area contributed by atoms with Gasteiger partial charge in [-0.1, -0.05) is 15.9 Å². The molecule has 1 atom stereocenters. The van der Waals surface area contributed by atoms with Gasteiger partial charge >= 0.3 is 0 Å². The van der Waals surface area contributed by atoms with Gasteiger partial charge in [0.15, 0.2) is 11.6 Å². The summed E-state index contributed by atoms with van der Waals surface area (Å²) < 4.78 is 19.4. The molecule has 2 nitrogen and oxygen atoms in total. The lowest BCUT2D eigenvalue weighted by Crippen LogP contribution is -2.19. The maximum absolute atomic E-state index is 13.5.